The van der Waals surface area contributed by atoms with Gasteiger partial charge in [-0.3, -0.25) is 9.59 Å². The van der Waals surface area contributed by atoms with Crippen molar-refractivity contribution >= 4 is 17.6 Å². The zero-order chi connectivity index (χ0) is 11.7. The van der Waals surface area contributed by atoms with Gasteiger partial charge in [0, 0.05) is 28.0 Å². The normalized spacial score (nSPS) is 10.6. The molecule has 16 heavy (non-hydrogen) atoms. The molecule has 0 saturated carbocycles. The molecule has 0 spiro atoms. The van der Waals surface area contributed by atoms with Crippen LogP contribution in [0.15, 0.2) is 16.2 Å². The molecule has 2 heterocycles. The number of thiazole rings is 1. The first-order valence-electron chi connectivity index (χ1n) is 4.90. The molecular weight excluding hydrogens is 224 g/mol. The number of hydrogen-bond donors (Lipinski definition) is 1. The van der Waals surface area contributed by atoms with Crippen molar-refractivity contribution in [1.82, 2.24) is 9.55 Å². The first kappa shape index (κ1) is 10.9. The summed E-state index contributed by atoms with van der Waals surface area (Å²) in [5.41, 5.74) is 3.52. The van der Waals surface area contributed by atoms with Crippen molar-refractivity contribution < 1.29 is 4.79 Å². The molecule has 0 aliphatic heterocycles. The molecule has 0 aliphatic carbocycles. The number of hydrogen-bond acceptors (Lipinski definition) is 3. The number of nitrogens with zero attached hydrogens (tertiary/aromatic N) is 1. The highest BCUT2D eigenvalue weighted by atomic mass is 32.1. The third kappa shape index (κ3) is 1.86. The number of H-pyrrole nitrogens is 1. The van der Waals surface area contributed by atoms with Crippen molar-refractivity contribution in [2.75, 3.05) is 0 Å². The van der Waals surface area contributed by atoms with Gasteiger partial charge in [-0.15, -0.1) is 0 Å². The van der Waals surface area contributed by atoms with Gasteiger partial charge in [0.1, 0.15) is 0 Å². The van der Waals surface area contributed by atoms with E-state index in [1.165, 1.54) is 0 Å². The number of nitrogens with one attached hydrogen (secondary N) is 1. The fourth-order valence-corrected chi connectivity index (χ4v) is 2.32. The van der Waals surface area contributed by atoms with E-state index in [-0.39, 0.29) is 4.87 Å². The van der Waals surface area contributed by atoms with Crippen molar-refractivity contribution in [3.05, 3.63) is 43.8 Å². The van der Waals surface area contributed by atoms with Gasteiger partial charge in [0.05, 0.1) is 6.54 Å². The third-order valence-electron chi connectivity index (χ3n) is 2.64. The molecule has 4 nitrogen and oxygen atoms in total. The Morgan fingerprint density at radius 3 is 2.75 bits per heavy atom. The lowest BCUT2D eigenvalue weighted by molar-refractivity contribution is 0.112. The predicted octanol–water partition coefficient (Wildman–Crippen LogP) is 1.72. The van der Waals surface area contributed by atoms with Crippen LogP contribution in [0.5, 0.6) is 0 Å². The summed E-state index contributed by atoms with van der Waals surface area (Å²) in [6, 6.07) is 1.85. The molecule has 84 valence electrons. The summed E-state index contributed by atoms with van der Waals surface area (Å²) in [7, 11) is 0. The number of rotatable bonds is 3. The van der Waals surface area contributed by atoms with Crippen molar-refractivity contribution in [1.29, 1.82) is 0 Å². The van der Waals surface area contributed by atoms with E-state index in [2.05, 4.69) is 4.98 Å². The van der Waals surface area contributed by atoms with E-state index in [1.54, 1.807) is 0 Å². The first-order chi connectivity index (χ1) is 7.61. The molecule has 0 aliphatic rings. The number of carbonyl (C=O) groups is 1. The zero-order valence-corrected chi connectivity index (χ0v) is 9.93. The van der Waals surface area contributed by atoms with Crippen molar-refractivity contribution in [3.8, 4) is 0 Å². The predicted molar refractivity (Wildman–Crippen MR) is 63.3 cm³/mol. The number of aryl methyl sites for hydroxylation is 1. The Kier molecular flexibility index (Phi) is 2.78. The standard InChI is InChI=1S/C11H12N2O2S/c1-7-3-9(5-14)8(2)13(7)4-10-6-16-11(15)12-10/h3,5-6H,4H2,1-2H3,(H,12,15). The topological polar surface area (TPSA) is 54.9 Å². The monoisotopic (exact) mass is 236 g/mol. The van der Waals surface area contributed by atoms with Crippen LogP contribution in [0.25, 0.3) is 0 Å². The molecule has 0 atom stereocenters. The minimum absolute atomic E-state index is 0.0481. The smallest absolute Gasteiger partial charge is 0.304 e. The fourth-order valence-electron chi connectivity index (χ4n) is 1.75. The van der Waals surface area contributed by atoms with Crippen LogP contribution < -0.4 is 4.87 Å². The lowest BCUT2D eigenvalue weighted by Crippen LogP contribution is -2.06. The lowest BCUT2D eigenvalue weighted by atomic mass is 10.3. The Hall–Kier alpha value is -1.62. The van der Waals surface area contributed by atoms with E-state index >= 15 is 0 Å². The van der Waals surface area contributed by atoms with Crippen LogP contribution in [0.3, 0.4) is 0 Å². The van der Waals surface area contributed by atoms with Crippen LogP contribution in [-0.4, -0.2) is 15.8 Å². The van der Waals surface area contributed by atoms with Crippen molar-refractivity contribution in [2.45, 2.75) is 20.4 Å². The van der Waals surface area contributed by atoms with E-state index in [4.69, 9.17) is 0 Å². The summed E-state index contributed by atoms with van der Waals surface area (Å²) < 4.78 is 2.02. The lowest BCUT2D eigenvalue weighted by Gasteiger charge is -2.07. The summed E-state index contributed by atoms with van der Waals surface area (Å²) in [6.45, 7) is 4.45. The van der Waals surface area contributed by atoms with Crippen LogP contribution in [0, 0.1) is 13.8 Å². The zero-order valence-electron chi connectivity index (χ0n) is 9.11. The highest BCUT2D eigenvalue weighted by molar-refractivity contribution is 7.07. The summed E-state index contributed by atoms with van der Waals surface area (Å²) in [4.78, 5) is 24.5. The number of aldehydes is 1. The third-order valence-corrected chi connectivity index (χ3v) is 3.36. The average molecular weight is 236 g/mol. The molecule has 2 rings (SSSR count). The van der Waals surface area contributed by atoms with E-state index in [9.17, 15) is 9.59 Å². The van der Waals surface area contributed by atoms with Gasteiger partial charge in [0.2, 0.25) is 0 Å². The van der Waals surface area contributed by atoms with Crippen LogP contribution >= 0.6 is 11.3 Å². The number of carbonyl (C=O) groups excluding carboxylic acids is 1. The van der Waals surface area contributed by atoms with E-state index < -0.39 is 0 Å². The molecule has 0 amide bonds. The maximum absolute atomic E-state index is 11.0. The highest BCUT2D eigenvalue weighted by Gasteiger charge is 2.09. The van der Waals surface area contributed by atoms with Gasteiger partial charge in [-0.1, -0.05) is 11.3 Å². The average Bonchev–Trinajstić information content (AvgIpc) is 2.77. The quantitative estimate of drug-likeness (QED) is 0.825. The summed E-state index contributed by atoms with van der Waals surface area (Å²) in [6.07, 6.45) is 0.856. The minimum atomic E-state index is -0.0481. The van der Waals surface area contributed by atoms with Gasteiger partial charge < -0.3 is 9.55 Å². The molecule has 0 unspecified atom stereocenters. The van der Waals surface area contributed by atoms with Crippen LogP contribution in [0.4, 0.5) is 0 Å². The summed E-state index contributed by atoms with van der Waals surface area (Å²) in [5.74, 6) is 0. The molecule has 2 aromatic heterocycles. The summed E-state index contributed by atoms with van der Waals surface area (Å²) in [5, 5.41) is 1.81. The number of aromatic amines is 1. The van der Waals surface area contributed by atoms with Gasteiger partial charge in [-0.05, 0) is 19.9 Å². The molecule has 0 fully saturated rings. The number of aromatic nitrogens is 2. The molecule has 1 N–H and O–H groups in total. The Labute approximate surface area is 96.6 Å². The second kappa shape index (κ2) is 4.09. The molecule has 2 aromatic rings. The minimum Gasteiger partial charge on any atom is -0.343 e. The molecule has 5 heteroatoms. The van der Waals surface area contributed by atoms with E-state index in [0.717, 1.165) is 34.7 Å². The molecule has 0 radical (unpaired) electrons. The second-order valence-corrected chi connectivity index (χ2v) is 4.55. The Morgan fingerprint density at radius 2 is 2.25 bits per heavy atom. The second-order valence-electron chi connectivity index (χ2n) is 3.70. The Morgan fingerprint density at radius 1 is 1.50 bits per heavy atom. The molecule has 0 bridgehead atoms. The SMILES string of the molecule is Cc1cc(C=O)c(C)n1Cc1csc(=O)[nH]1. The van der Waals surface area contributed by atoms with E-state index in [1.807, 2.05) is 29.9 Å². The largest absolute Gasteiger partial charge is 0.343 e. The molecule has 0 saturated heterocycles. The van der Waals surface area contributed by atoms with Crippen molar-refractivity contribution in [2.24, 2.45) is 0 Å². The van der Waals surface area contributed by atoms with Gasteiger partial charge in [-0.25, -0.2) is 0 Å². The van der Waals surface area contributed by atoms with E-state index in [0.29, 0.717) is 12.1 Å². The van der Waals surface area contributed by atoms with Gasteiger partial charge in [0.25, 0.3) is 0 Å². The van der Waals surface area contributed by atoms with Crippen molar-refractivity contribution in [3.63, 3.8) is 0 Å². The van der Waals surface area contributed by atoms with Crippen LogP contribution in [0.2, 0.25) is 0 Å². The van der Waals surface area contributed by atoms with Crippen LogP contribution in [0.1, 0.15) is 27.4 Å². The van der Waals surface area contributed by atoms with Crippen LogP contribution in [-0.2, 0) is 6.54 Å². The van der Waals surface area contributed by atoms with Gasteiger partial charge >= 0.3 is 4.87 Å². The fraction of sp³-hybridized carbons (Fsp3) is 0.273. The summed E-state index contributed by atoms with van der Waals surface area (Å²) >= 11 is 1.15. The Bertz CT molecular complexity index is 577. The first-order valence-corrected chi connectivity index (χ1v) is 5.78. The Balaban J connectivity index is 2.37. The van der Waals surface area contributed by atoms with Gasteiger partial charge in [0.15, 0.2) is 6.29 Å². The van der Waals surface area contributed by atoms with Gasteiger partial charge in [-0.2, -0.15) is 0 Å². The molecule has 0 aromatic carbocycles. The molecular formula is C11H12N2O2S. The maximum Gasteiger partial charge on any atom is 0.304 e. The maximum atomic E-state index is 11.0. The highest BCUT2D eigenvalue weighted by Crippen LogP contribution is 2.14.